The smallest absolute Gasteiger partial charge is 0.475 e. The third kappa shape index (κ3) is 10.8. The Balaban J connectivity index is 0.000000383. The van der Waals surface area contributed by atoms with Crippen molar-refractivity contribution in [3.63, 3.8) is 0 Å². The summed E-state index contributed by atoms with van der Waals surface area (Å²) in [6.45, 7) is 0.658. The monoisotopic (exact) mass is 522 g/mol. The highest BCUT2D eigenvalue weighted by Crippen LogP contribution is 2.15. The Morgan fingerprint density at radius 2 is 1.39 bits per heavy atom. The zero-order valence-corrected chi connectivity index (χ0v) is 18.2. The number of carbonyl (C=O) groups is 3. The van der Waals surface area contributed by atoms with E-state index in [-0.39, 0.29) is 5.91 Å². The van der Waals surface area contributed by atoms with Crippen LogP contribution in [0.5, 0.6) is 0 Å². The molecule has 0 unspecified atom stereocenters. The molecule has 0 saturated heterocycles. The first-order chi connectivity index (χ1) is 16.7. The van der Waals surface area contributed by atoms with Gasteiger partial charge in [0, 0.05) is 24.3 Å². The Bertz CT molecular complexity index is 1110. The molecule has 1 aromatic carbocycles. The van der Waals surface area contributed by atoms with Crippen LogP contribution < -0.4 is 5.32 Å². The summed E-state index contributed by atoms with van der Waals surface area (Å²) in [5.41, 5.74) is 2.62. The van der Waals surface area contributed by atoms with Gasteiger partial charge in [0.25, 0.3) is 5.91 Å². The Hall–Kier alpha value is -4.17. The molecule has 0 fully saturated rings. The van der Waals surface area contributed by atoms with Crippen molar-refractivity contribution in [2.75, 3.05) is 6.54 Å². The van der Waals surface area contributed by atoms with Gasteiger partial charge in [0.05, 0.1) is 5.52 Å². The lowest BCUT2D eigenvalue weighted by molar-refractivity contribution is -0.193. The molecule has 0 radical (unpaired) electrons. The SMILES string of the molecule is O=C(NCCCCc1ccncc1)c1n[nH]c2ccccc12.O=C(O)C(F)(F)F.O=C(O)C(F)(F)F. The number of halogens is 6. The number of rotatable bonds is 6. The molecule has 3 rings (SSSR count). The Labute approximate surface area is 199 Å². The van der Waals surface area contributed by atoms with Gasteiger partial charge in [0.15, 0.2) is 5.69 Å². The molecule has 9 nitrogen and oxygen atoms in total. The summed E-state index contributed by atoms with van der Waals surface area (Å²) in [6.07, 6.45) is -3.58. The van der Waals surface area contributed by atoms with Crippen molar-refractivity contribution in [1.29, 1.82) is 0 Å². The van der Waals surface area contributed by atoms with Crippen LogP contribution in [0.1, 0.15) is 28.9 Å². The number of aromatic amines is 1. The number of para-hydroxylation sites is 1. The topological polar surface area (TPSA) is 145 Å². The fourth-order valence-electron chi connectivity index (χ4n) is 2.43. The maximum Gasteiger partial charge on any atom is 0.490 e. The molecule has 36 heavy (non-hydrogen) atoms. The standard InChI is InChI=1S/C17H18N4O.2C2HF3O2/c22-17(16-14-6-1-2-7-15(14)20-21-16)19-10-4-3-5-13-8-11-18-12-9-13;2*3-2(4,5)1(6)7/h1-2,6-9,11-12H,3-5,10H2,(H,19,22)(H,20,21);2*(H,6,7). The van der Waals surface area contributed by atoms with E-state index in [1.807, 2.05) is 36.4 Å². The zero-order chi connectivity index (χ0) is 27.4. The summed E-state index contributed by atoms with van der Waals surface area (Å²) in [7, 11) is 0. The number of carboxylic acid groups (broad SMARTS) is 2. The van der Waals surface area contributed by atoms with E-state index in [1.165, 1.54) is 5.56 Å². The van der Waals surface area contributed by atoms with Crippen LogP contribution in [0.25, 0.3) is 10.9 Å². The highest BCUT2D eigenvalue weighted by atomic mass is 19.4. The molecule has 2 heterocycles. The number of hydrogen-bond donors (Lipinski definition) is 4. The number of carbonyl (C=O) groups excluding carboxylic acids is 1. The normalized spacial score (nSPS) is 10.9. The summed E-state index contributed by atoms with van der Waals surface area (Å²) in [5.74, 6) is -5.64. The van der Waals surface area contributed by atoms with Crippen molar-refractivity contribution < 1.29 is 50.9 Å². The quantitative estimate of drug-likeness (QED) is 0.283. The van der Waals surface area contributed by atoms with Gasteiger partial charge in [-0.3, -0.25) is 14.9 Å². The Morgan fingerprint density at radius 3 is 1.92 bits per heavy atom. The minimum atomic E-state index is -5.08. The molecule has 0 aliphatic rings. The van der Waals surface area contributed by atoms with E-state index >= 15 is 0 Å². The number of amides is 1. The zero-order valence-electron chi connectivity index (χ0n) is 18.2. The molecule has 0 aliphatic heterocycles. The van der Waals surface area contributed by atoms with Gasteiger partial charge >= 0.3 is 24.3 Å². The highest BCUT2D eigenvalue weighted by molar-refractivity contribution is 6.04. The van der Waals surface area contributed by atoms with Crippen LogP contribution >= 0.6 is 0 Å². The minimum Gasteiger partial charge on any atom is -0.475 e. The predicted molar refractivity (Wildman–Crippen MR) is 113 cm³/mol. The van der Waals surface area contributed by atoms with Gasteiger partial charge in [-0.1, -0.05) is 18.2 Å². The summed E-state index contributed by atoms with van der Waals surface area (Å²) < 4.78 is 63.5. The van der Waals surface area contributed by atoms with Crippen LogP contribution in [0.2, 0.25) is 0 Å². The lowest BCUT2D eigenvalue weighted by atomic mass is 10.1. The summed E-state index contributed by atoms with van der Waals surface area (Å²) in [4.78, 5) is 33.9. The van der Waals surface area contributed by atoms with Gasteiger partial charge in [0.1, 0.15) is 0 Å². The summed E-state index contributed by atoms with van der Waals surface area (Å²) >= 11 is 0. The van der Waals surface area contributed by atoms with Crippen molar-refractivity contribution in [3.05, 3.63) is 60.0 Å². The molecule has 4 N–H and O–H groups in total. The number of hydrogen-bond acceptors (Lipinski definition) is 5. The van der Waals surface area contributed by atoms with Gasteiger partial charge < -0.3 is 15.5 Å². The van der Waals surface area contributed by atoms with Crippen molar-refractivity contribution in [3.8, 4) is 0 Å². The van der Waals surface area contributed by atoms with Crippen LogP contribution in [0, 0.1) is 0 Å². The number of nitrogens with one attached hydrogen (secondary N) is 2. The second-order valence-electron chi connectivity index (χ2n) is 6.79. The fourth-order valence-corrected chi connectivity index (χ4v) is 2.43. The van der Waals surface area contributed by atoms with Crippen LogP contribution in [0.3, 0.4) is 0 Å². The van der Waals surface area contributed by atoms with Crippen molar-refractivity contribution >= 4 is 28.7 Å². The average Bonchev–Trinajstić information content (AvgIpc) is 3.23. The molecule has 0 spiro atoms. The van der Waals surface area contributed by atoms with E-state index in [0.29, 0.717) is 12.2 Å². The van der Waals surface area contributed by atoms with Gasteiger partial charge in [-0.2, -0.15) is 31.4 Å². The van der Waals surface area contributed by atoms with E-state index < -0.39 is 24.3 Å². The lowest BCUT2D eigenvalue weighted by Gasteiger charge is -2.04. The van der Waals surface area contributed by atoms with E-state index in [4.69, 9.17) is 19.8 Å². The van der Waals surface area contributed by atoms with E-state index in [2.05, 4.69) is 20.5 Å². The molecule has 3 aromatic rings. The van der Waals surface area contributed by atoms with Gasteiger partial charge in [-0.15, -0.1) is 0 Å². The molecule has 0 atom stereocenters. The number of unbranched alkanes of at least 4 members (excludes halogenated alkanes) is 1. The third-order valence-electron chi connectivity index (χ3n) is 4.10. The van der Waals surface area contributed by atoms with Gasteiger partial charge in [0.2, 0.25) is 0 Å². The van der Waals surface area contributed by atoms with Crippen LogP contribution in [-0.2, 0) is 16.0 Å². The maximum absolute atomic E-state index is 12.2. The molecular formula is C21H20F6N4O5. The number of fused-ring (bicyclic) bond motifs is 1. The first kappa shape index (κ1) is 29.9. The van der Waals surface area contributed by atoms with Crippen LogP contribution in [0.15, 0.2) is 48.8 Å². The Kier molecular flexibility index (Phi) is 11.3. The average molecular weight is 522 g/mol. The molecular weight excluding hydrogens is 502 g/mol. The number of nitrogens with zero attached hydrogens (tertiary/aromatic N) is 2. The predicted octanol–water partition coefficient (Wildman–Crippen LogP) is 3.98. The third-order valence-corrected chi connectivity index (χ3v) is 4.10. The van der Waals surface area contributed by atoms with E-state index in [0.717, 1.165) is 30.2 Å². The van der Waals surface area contributed by atoms with Crippen molar-refractivity contribution in [2.24, 2.45) is 0 Å². The first-order valence-corrected chi connectivity index (χ1v) is 9.94. The largest absolute Gasteiger partial charge is 0.490 e. The van der Waals surface area contributed by atoms with Crippen LogP contribution in [0.4, 0.5) is 26.3 Å². The highest BCUT2D eigenvalue weighted by Gasteiger charge is 2.38. The molecule has 196 valence electrons. The number of aliphatic carboxylic acids is 2. The molecule has 2 aromatic heterocycles. The molecule has 0 aliphatic carbocycles. The number of H-pyrrole nitrogens is 1. The first-order valence-electron chi connectivity index (χ1n) is 9.94. The number of alkyl halides is 6. The number of pyridine rings is 1. The van der Waals surface area contributed by atoms with Crippen LogP contribution in [-0.4, -0.2) is 62.1 Å². The van der Waals surface area contributed by atoms with Crippen molar-refractivity contribution in [1.82, 2.24) is 20.5 Å². The van der Waals surface area contributed by atoms with Gasteiger partial charge in [-0.25, -0.2) is 9.59 Å². The second kappa shape index (κ2) is 13.7. The molecule has 0 bridgehead atoms. The fraction of sp³-hybridized carbons (Fsp3) is 0.286. The summed E-state index contributed by atoms with van der Waals surface area (Å²) in [6, 6.07) is 11.7. The summed E-state index contributed by atoms with van der Waals surface area (Å²) in [5, 5.41) is 25.0. The number of aryl methyl sites for hydroxylation is 1. The van der Waals surface area contributed by atoms with E-state index in [1.54, 1.807) is 12.4 Å². The second-order valence-corrected chi connectivity index (χ2v) is 6.79. The lowest BCUT2D eigenvalue weighted by Crippen LogP contribution is -2.25. The molecule has 15 heteroatoms. The molecule has 1 amide bonds. The minimum absolute atomic E-state index is 0.124. The maximum atomic E-state index is 12.2. The van der Waals surface area contributed by atoms with E-state index in [9.17, 15) is 31.1 Å². The number of carboxylic acids is 2. The number of aromatic nitrogens is 3. The Morgan fingerprint density at radius 1 is 0.861 bits per heavy atom. The van der Waals surface area contributed by atoms with Gasteiger partial charge in [-0.05, 0) is 43.0 Å². The van der Waals surface area contributed by atoms with Crippen molar-refractivity contribution in [2.45, 2.75) is 31.6 Å². The number of benzene rings is 1. The molecule has 0 saturated carbocycles.